The molecule has 0 radical (unpaired) electrons. The number of carbonyl (C=O) groups excluding carboxylic acids is 1. The van der Waals surface area contributed by atoms with E-state index < -0.39 is 0 Å². The van der Waals surface area contributed by atoms with Crippen molar-refractivity contribution in [2.45, 2.75) is 18.9 Å². The molecule has 1 aromatic carbocycles. The second kappa shape index (κ2) is 4.03. The smallest absolute Gasteiger partial charge is 0.230 e. The van der Waals surface area contributed by atoms with E-state index in [1.165, 1.54) is 0 Å². The number of hydrogen-bond donors (Lipinski definition) is 1. The first kappa shape index (κ1) is 10.2. The van der Waals surface area contributed by atoms with Crippen LogP contribution in [0.25, 0.3) is 0 Å². The highest BCUT2D eigenvalue weighted by molar-refractivity contribution is 5.95. The SMILES string of the molecule is CN(C(=O)C1CC(O)C1)c1ccccc1. The minimum atomic E-state index is -0.275. The van der Waals surface area contributed by atoms with Gasteiger partial charge in [0, 0.05) is 18.7 Å². The Morgan fingerprint density at radius 3 is 2.47 bits per heavy atom. The molecular formula is C12H15NO2. The molecule has 1 aliphatic carbocycles. The third kappa shape index (κ3) is 2.02. The van der Waals surface area contributed by atoms with Crippen molar-refractivity contribution in [2.24, 2.45) is 5.92 Å². The second-order valence-corrected chi connectivity index (χ2v) is 4.05. The van der Waals surface area contributed by atoms with E-state index in [1.807, 2.05) is 30.3 Å². The molecule has 0 unspecified atom stereocenters. The molecule has 1 fully saturated rings. The number of aliphatic hydroxyl groups excluding tert-OH is 1. The van der Waals surface area contributed by atoms with E-state index in [0.717, 1.165) is 5.69 Å². The van der Waals surface area contributed by atoms with E-state index in [2.05, 4.69) is 0 Å². The van der Waals surface area contributed by atoms with Crippen LogP contribution >= 0.6 is 0 Å². The Labute approximate surface area is 89.3 Å². The first-order valence-corrected chi connectivity index (χ1v) is 5.19. The van der Waals surface area contributed by atoms with Gasteiger partial charge >= 0.3 is 0 Å². The summed E-state index contributed by atoms with van der Waals surface area (Å²) < 4.78 is 0. The molecule has 0 atom stereocenters. The van der Waals surface area contributed by atoms with Crippen molar-refractivity contribution in [1.29, 1.82) is 0 Å². The summed E-state index contributed by atoms with van der Waals surface area (Å²) in [4.78, 5) is 13.5. The van der Waals surface area contributed by atoms with Crippen LogP contribution in [0.15, 0.2) is 30.3 Å². The number of carbonyl (C=O) groups is 1. The Morgan fingerprint density at radius 2 is 1.93 bits per heavy atom. The Hall–Kier alpha value is -1.35. The van der Waals surface area contributed by atoms with Crippen LogP contribution in [-0.2, 0) is 4.79 Å². The maximum absolute atomic E-state index is 11.9. The summed E-state index contributed by atoms with van der Waals surface area (Å²) >= 11 is 0. The summed E-state index contributed by atoms with van der Waals surface area (Å²) in [7, 11) is 1.78. The van der Waals surface area contributed by atoms with Gasteiger partial charge in [0.1, 0.15) is 0 Å². The molecule has 15 heavy (non-hydrogen) atoms. The van der Waals surface area contributed by atoms with Gasteiger partial charge in [0.25, 0.3) is 0 Å². The molecule has 3 nitrogen and oxygen atoms in total. The highest BCUT2D eigenvalue weighted by atomic mass is 16.3. The number of benzene rings is 1. The van der Waals surface area contributed by atoms with Crippen molar-refractivity contribution >= 4 is 11.6 Å². The molecule has 1 aromatic rings. The molecule has 1 saturated carbocycles. The molecule has 0 aliphatic heterocycles. The lowest BCUT2D eigenvalue weighted by molar-refractivity contribution is -0.128. The van der Waals surface area contributed by atoms with Gasteiger partial charge in [0.05, 0.1) is 6.10 Å². The minimum Gasteiger partial charge on any atom is -0.393 e. The lowest BCUT2D eigenvalue weighted by Gasteiger charge is -2.33. The fourth-order valence-electron chi connectivity index (χ4n) is 1.84. The average Bonchev–Trinajstić information content (AvgIpc) is 2.24. The number of anilines is 1. The van der Waals surface area contributed by atoms with Gasteiger partial charge in [-0.15, -0.1) is 0 Å². The third-order valence-corrected chi connectivity index (χ3v) is 2.94. The molecule has 1 aliphatic rings. The lowest BCUT2D eigenvalue weighted by atomic mass is 9.81. The molecule has 3 heteroatoms. The summed E-state index contributed by atoms with van der Waals surface area (Å²) in [5.41, 5.74) is 0.906. The number of rotatable bonds is 2. The van der Waals surface area contributed by atoms with Gasteiger partial charge in [-0.1, -0.05) is 18.2 Å². The lowest BCUT2D eigenvalue weighted by Crippen LogP contribution is -2.42. The first-order valence-electron chi connectivity index (χ1n) is 5.19. The van der Waals surface area contributed by atoms with Crippen molar-refractivity contribution in [2.75, 3.05) is 11.9 Å². The predicted molar refractivity (Wildman–Crippen MR) is 58.6 cm³/mol. The number of hydrogen-bond acceptors (Lipinski definition) is 2. The Kier molecular flexibility index (Phi) is 2.73. The molecule has 0 saturated heterocycles. The van der Waals surface area contributed by atoms with E-state index in [-0.39, 0.29) is 17.9 Å². The average molecular weight is 205 g/mol. The Balaban J connectivity index is 2.02. The van der Waals surface area contributed by atoms with Crippen molar-refractivity contribution in [3.63, 3.8) is 0 Å². The van der Waals surface area contributed by atoms with Crippen molar-refractivity contribution in [3.05, 3.63) is 30.3 Å². The summed E-state index contributed by atoms with van der Waals surface area (Å²) in [6.45, 7) is 0. The van der Waals surface area contributed by atoms with Crippen LogP contribution in [0.1, 0.15) is 12.8 Å². The van der Waals surface area contributed by atoms with Gasteiger partial charge in [-0.2, -0.15) is 0 Å². The summed E-state index contributed by atoms with van der Waals surface area (Å²) in [5, 5.41) is 9.15. The maximum atomic E-state index is 11.9. The zero-order chi connectivity index (χ0) is 10.8. The normalized spacial score (nSPS) is 24.4. The third-order valence-electron chi connectivity index (χ3n) is 2.94. The van der Waals surface area contributed by atoms with E-state index in [0.29, 0.717) is 12.8 Å². The van der Waals surface area contributed by atoms with Gasteiger partial charge in [-0.3, -0.25) is 4.79 Å². The molecular weight excluding hydrogens is 190 g/mol. The van der Waals surface area contributed by atoms with Crippen LogP contribution in [0.4, 0.5) is 5.69 Å². The number of aliphatic hydroxyl groups is 1. The summed E-state index contributed by atoms with van der Waals surface area (Å²) in [5.74, 6) is 0.108. The van der Waals surface area contributed by atoms with Gasteiger partial charge in [0.15, 0.2) is 0 Å². The van der Waals surface area contributed by atoms with Gasteiger partial charge in [-0.25, -0.2) is 0 Å². The predicted octanol–water partition coefficient (Wildman–Crippen LogP) is 1.42. The van der Waals surface area contributed by atoms with E-state index in [1.54, 1.807) is 11.9 Å². The highest BCUT2D eigenvalue weighted by Crippen LogP contribution is 2.29. The maximum Gasteiger partial charge on any atom is 0.230 e. The van der Waals surface area contributed by atoms with Crippen molar-refractivity contribution in [1.82, 2.24) is 0 Å². The number of amides is 1. The molecule has 0 heterocycles. The quantitative estimate of drug-likeness (QED) is 0.793. The summed E-state index contributed by atoms with van der Waals surface area (Å²) in [6.07, 6.45) is 0.939. The molecule has 0 spiro atoms. The number of nitrogens with zero attached hydrogens (tertiary/aromatic N) is 1. The number of para-hydroxylation sites is 1. The van der Waals surface area contributed by atoms with Crippen LogP contribution < -0.4 is 4.90 Å². The summed E-state index contributed by atoms with van der Waals surface area (Å²) in [6, 6.07) is 9.57. The van der Waals surface area contributed by atoms with Gasteiger partial charge in [-0.05, 0) is 25.0 Å². The Bertz CT molecular complexity index is 344. The molecule has 1 N–H and O–H groups in total. The van der Waals surface area contributed by atoms with Crippen LogP contribution in [0.5, 0.6) is 0 Å². The Morgan fingerprint density at radius 1 is 1.33 bits per heavy atom. The van der Waals surface area contributed by atoms with Crippen molar-refractivity contribution in [3.8, 4) is 0 Å². The van der Waals surface area contributed by atoms with Crippen molar-refractivity contribution < 1.29 is 9.90 Å². The second-order valence-electron chi connectivity index (χ2n) is 4.05. The minimum absolute atomic E-state index is 0.00482. The van der Waals surface area contributed by atoms with E-state index in [4.69, 9.17) is 5.11 Å². The first-order chi connectivity index (χ1) is 7.18. The van der Waals surface area contributed by atoms with E-state index >= 15 is 0 Å². The topological polar surface area (TPSA) is 40.5 Å². The fraction of sp³-hybridized carbons (Fsp3) is 0.417. The van der Waals surface area contributed by atoms with Crippen LogP contribution in [-0.4, -0.2) is 24.2 Å². The highest BCUT2D eigenvalue weighted by Gasteiger charge is 2.34. The monoisotopic (exact) mass is 205 g/mol. The molecule has 2 rings (SSSR count). The molecule has 80 valence electrons. The zero-order valence-electron chi connectivity index (χ0n) is 8.76. The largest absolute Gasteiger partial charge is 0.393 e. The molecule has 1 amide bonds. The van der Waals surface area contributed by atoms with Crippen LogP contribution in [0.2, 0.25) is 0 Å². The zero-order valence-corrected chi connectivity index (χ0v) is 8.76. The fourth-order valence-corrected chi connectivity index (χ4v) is 1.84. The van der Waals surface area contributed by atoms with Gasteiger partial charge in [0.2, 0.25) is 5.91 Å². The van der Waals surface area contributed by atoms with E-state index in [9.17, 15) is 4.79 Å². The molecule has 0 aromatic heterocycles. The van der Waals surface area contributed by atoms with Crippen LogP contribution in [0, 0.1) is 5.92 Å². The van der Waals surface area contributed by atoms with Crippen LogP contribution in [0.3, 0.4) is 0 Å². The van der Waals surface area contributed by atoms with Gasteiger partial charge < -0.3 is 10.0 Å². The molecule has 0 bridgehead atoms. The standard InChI is InChI=1S/C12H15NO2/c1-13(10-5-3-2-4-6-10)12(15)9-7-11(14)8-9/h2-6,9,11,14H,7-8H2,1H3.